The Kier molecular flexibility index (Phi) is 4.74. The fourth-order valence-electron chi connectivity index (χ4n) is 2.51. The summed E-state index contributed by atoms with van der Waals surface area (Å²) in [4.78, 5) is 18.4. The van der Waals surface area contributed by atoms with Crippen molar-refractivity contribution >= 4 is 5.91 Å². The number of rotatable bonds is 4. The molecule has 0 spiro atoms. The molecule has 19 heavy (non-hydrogen) atoms. The van der Waals surface area contributed by atoms with Crippen LogP contribution in [0.2, 0.25) is 0 Å². The molecule has 1 aromatic heterocycles. The maximum absolute atomic E-state index is 12.5. The van der Waals surface area contributed by atoms with Crippen molar-refractivity contribution in [3.63, 3.8) is 0 Å². The number of hydrogen-bond acceptors (Lipinski definition) is 4. The van der Waals surface area contributed by atoms with E-state index < -0.39 is 0 Å². The van der Waals surface area contributed by atoms with E-state index in [4.69, 9.17) is 9.47 Å². The van der Waals surface area contributed by atoms with Crippen LogP contribution in [0, 0.1) is 5.92 Å². The third kappa shape index (κ3) is 3.23. The molecule has 1 aromatic rings. The number of piperidine rings is 1. The predicted molar refractivity (Wildman–Crippen MR) is 71.3 cm³/mol. The molecule has 5 heteroatoms. The van der Waals surface area contributed by atoms with Gasteiger partial charge in [0.25, 0.3) is 5.91 Å². The van der Waals surface area contributed by atoms with Gasteiger partial charge in [-0.15, -0.1) is 0 Å². The Morgan fingerprint density at radius 2 is 2.37 bits per heavy atom. The van der Waals surface area contributed by atoms with Gasteiger partial charge in [0.15, 0.2) is 0 Å². The van der Waals surface area contributed by atoms with Crippen LogP contribution in [0.5, 0.6) is 5.88 Å². The summed E-state index contributed by atoms with van der Waals surface area (Å²) in [5.74, 6) is 0.803. The van der Waals surface area contributed by atoms with Gasteiger partial charge in [-0.25, -0.2) is 4.98 Å². The van der Waals surface area contributed by atoms with Gasteiger partial charge in [0.1, 0.15) is 5.56 Å². The second kappa shape index (κ2) is 6.52. The van der Waals surface area contributed by atoms with E-state index in [1.54, 1.807) is 25.4 Å². The summed E-state index contributed by atoms with van der Waals surface area (Å²) in [6.07, 6.45) is 3.75. The fraction of sp³-hybridized carbons (Fsp3) is 0.571. The molecule has 0 aliphatic carbocycles. The third-order valence-electron chi connectivity index (χ3n) is 3.40. The number of pyridine rings is 1. The molecule has 2 heterocycles. The molecule has 1 aliphatic rings. The summed E-state index contributed by atoms with van der Waals surface area (Å²) >= 11 is 0. The van der Waals surface area contributed by atoms with Crippen molar-refractivity contribution in [2.45, 2.75) is 12.8 Å². The number of nitrogens with zero attached hydrogens (tertiary/aromatic N) is 2. The number of likely N-dealkylation sites (tertiary alicyclic amines) is 1. The Bertz CT molecular complexity index is 434. The Labute approximate surface area is 113 Å². The van der Waals surface area contributed by atoms with Crippen LogP contribution in [-0.4, -0.2) is 49.7 Å². The number of methoxy groups -OCH3 is 2. The van der Waals surface area contributed by atoms with Crippen molar-refractivity contribution in [1.82, 2.24) is 9.88 Å². The van der Waals surface area contributed by atoms with Gasteiger partial charge < -0.3 is 14.4 Å². The molecule has 1 fully saturated rings. The van der Waals surface area contributed by atoms with Crippen LogP contribution in [0.4, 0.5) is 0 Å². The fourth-order valence-corrected chi connectivity index (χ4v) is 2.51. The molecular formula is C14H20N2O3. The molecule has 2 rings (SSSR count). The van der Waals surface area contributed by atoms with Crippen LogP contribution in [0.1, 0.15) is 23.2 Å². The lowest BCUT2D eigenvalue weighted by Crippen LogP contribution is -2.41. The first kappa shape index (κ1) is 13.8. The molecule has 0 bridgehead atoms. The normalized spacial score (nSPS) is 19.3. The van der Waals surface area contributed by atoms with Crippen molar-refractivity contribution in [2.24, 2.45) is 5.92 Å². The predicted octanol–water partition coefficient (Wildman–Crippen LogP) is 1.59. The quantitative estimate of drug-likeness (QED) is 0.828. The van der Waals surface area contributed by atoms with Crippen molar-refractivity contribution in [1.29, 1.82) is 0 Å². The SMILES string of the molecule is COCC1CCCN(C(=O)c2cccnc2OC)C1. The first-order chi connectivity index (χ1) is 9.26. The summed E-state index contributed by atoms with van der Waals surface area (Å²) in [7, 11) is 3.23. The molecule has 1 amide bonds. The van der Waals surface area contributed by atoms with Gasteiger partial charge in [-0.3, -0.25) is 4.79 Å². The van der Waals surface area contributed by atoms with Gasteiger partial charge in [0.05, 0.1) is 13.7 Å². The van der Waals surface area contributed by atoms with Crippen LogP contribution in [-0.2, 0) is 4.74 Å². The topological polar surface area (TPSA) is 51.7 Å². The first-order valence-corrected chi connectivity index (χ1v) is 6.53. The Morgan fingerprint density at radius 3 is 3.11 bits per heavy atom. The van der Waals surface area contributed by atoms with E-state index in [9.17, 15) is 4.79 Å². The van der Waals surface area contributed by atoms with E-state index in [2.05, 4.69) is 4.98 Å². The maximum Gasteiger partial charge on any atom is 0.259 e. The molecule has 1 atom stereocenters. The average Bonchev–Trinajstić information content (AvgIpc) is 2.47. The lowest BCUT2D eigenvalue weighted by Gasteiger charge is -2.32. The van der Waals surface area contributed by atoms with E-state index in [-0.39, 0.29) is 5.91 Å². The lowest BCUT2D eigenvalue weighted by molar-refractivity contribution is 0.0567. The molecule has 0 saturated carbocycles. The second-order valence-corrected chi connectivity index (χ2v) is 4.78. The van der Waals surface area contributed by atoms with Crippen LogP contribution < -0.4 is 4.74 Å². The number of aromatic nitrogens is 1. The standard InChI is InChI=1S/C14H20N2O3/c1-18-10-11-5-4-8-16(9-11)14(17)12-6-3-7-15-13(12)19-2/h3,6-7,11H,4-5,8-10H2,1-2H3. The second-order valence-electron chi connectivity index (χ2n) is 4.78. The van der Waals surface area contributed by atoms with E-state index in [1.807, 2.05) is 4.90 Å². The average molecular weight is 264 g/mol. The summed E-state index contributed by atoms with van der Waals surface area (Å²) in [5.41, 5.74) is 0.531. The summed E-state index contributed by atoms with van der Waals surface area (Å²) in [6.45, 7) is 2.23. The van der Waals surface area contributed by atoms with Gasteiger partial charge in [0, 0.05) is 26.4 Å². The molecule has 1 unspecified atom stereocenters. The van der Waals surface area contributed by atoms with Crippen molar-refractivity contribution in [3.8, 4) is 5.88 Å². The monoisotopic (exact) mass is 264 g/mol. The molecule has 0 N–H and O–H groups in total. The van der Waals surface area contributed by atoms with Gasteiger partial charge in [0.2, 0.25) is 5.88 Å². The van der Waals surface area contributed by atoms with Crippen molar-refractivity contribution in [3.05, 3.63) is 23.9 Å². The Morgan fingerprint density at radius 1 is 1.53 bits per heavy atom. The van der Waals surface area contributed by atoms with Gasteiger partial charge in [-0.1, -0.05) is 0 Å². The van der Waals surface area contributed by atoms with Crippen LogP contribution in [0.3, 0.4) is 0 Å². The minimum absolute atomic E-state index is 0.00856. The third-order valence-corrected chi connectivity index (χ3v) is 3.40. The zero-order valence-electron chi connectivity index (χ0n) is 11.5. The molecule has 1 saturated heterocycles. The summed E-state index contributed by atoms with van der Waals surface area (Å²) in [6, 6.07) is 3.51. The number of amides is 1. The van der Waals surface area contributed by atoms with Crippen molar-refractivity contribution < 1.29 is 14.3 Å². The molecule has 0 aromatic carbocycles. The Hall–Kier alpha value is -1.62. The number of hydrogen-bond donors (Lipinski definition) is 0. The molecule has 1 aliphatic heterocycles. The number of carbonyl (C=O) groups is 1. The first-order valence-electron chi connectivity index (χ1n) is 6.53. The van der Waals surface area contributed by atoms with Crippen LogP contribution in [0.25, 0.3) is 0 Å². The summed E-state index contributed by atoms with van der Waals surface area (Å²) < 4.78 is 10.3. The van der Waals surface area contributed by atoms with Gasteiger partial charge in [-0.05, 0) is 30.9 Å². The zero-order valence-corrected chi connectivity index (χ0v) is 11.5. The van der Waals surface area contributed by atoms with Crippen LogP contribution in [0.15, 0.2) is 18.3 Å². The zero-order chi connectivity index (χ0) is 13.7. The van der Waals surface area contributed by atoms with Gasteiger partial charge >= 0.3 is 0 Å². The lowest BCUT2D eigenvalue weighted by atomic mass is 9.98. The highest BCUT2D eigenvalue weighted by Gasteiger charge is 2.26. The van der Waals surface area contributed by atoms with E-state index in [1.165, 1.54) is 7.11 Å². The minimum atomic E-state index is -0.00856. The minimum Gasteiger partial charge on any atom is -0.480 e. The number of carbonyl (C=O) groups excluding carboxylic acids is 1. The highest BCUT2D eigenvalue weighted by molar-refractivity contribution is 5.96. The highest BCUT2D eigenvalue weighted by atomic mass is 16.5. The largest absolute Gasteiger partial charge is 0.480 e. The van der Waals surface area contributed by atoms with Crippen molar-refractivity contribution in [2.75, 3.05) is 33.9 Å². The molecule has 5 nitrogen and oxygen atoms in total. The van der Waals surface area contributed by atoms with E-state index >= 15 is 0 Å². The smallest absolute Gasteiger partial charge is 0.259 e. The van der Waals surface area contributed by atoms with E-state index in [0.29, 0.717) is 24.0 Å². The Balaban J connectivity index is 2.10. The van der Waals surface area contributed by atoms with Gasteiger partial charge in [-0.2, -0.15) is 0 Å². The number of ether oxygens (including phenoxy) is 2. The van der Waals surface area contributed by atoms with Crippen LogP contribution >= 0.6 is 0 Å². The highest BCUT2D eigenvalue weighted by Crippen LogP contribution is 2.22. The molecule has 0 radical (unpaired) electrons. The van der Waals surface area contributed by atoms with E-state index in [0.717, 1.165) is 25.9 Å². The maximum atomic E-state index is 12.5. The summed E-state index contributed by atoms with van der Waals surface area (Å²) in [5, 5.41) is 0. The molecule has 104 valence electrons. The molecular weight excluding hydrogens is 244 g/mol.